The highest BCUT2D eigenvalue weighted by Crippen LogP contribution is 2.49. The first-order chi connectivity index (χ1) is 12.8. The predicted molar refractivity (Wildman–Crippen MR) is 107 cm³/mol. The molecule has 1 aliphatic heterocycles. The van der Waals surface area contributed by atoms with Crippen molar-refractivity contribution in [2.75, 3.05) is 0 Å². The molecule has 2 atom stereocenters. The number of halogens is 1. The summed E-state index contributed by atoms with van der Waals surface area (Å²) in [7, 11) is 0. The fourth-order valence-electron chi connectivity index (χ4n) is 3.85. The highest BCUT2D eigenvalue weighted by molar-refractivity contribution is 6.30. The van der Waals surface area contributed by atoms with Gasteiger partial charge in [-0.25, -0.2) is 4.99 Å². The van der Waals surface area contributed by atoms with Crippen LogP contribution in [0.5, 0.6) is 0 Å². The molecule has 0 radical (unpaired) electrons. The third-order valence-corrected chi connectivity index (χ3v) is 5.39. The van der Waals surface area contributed by atoms with E-state index in [0.29, 0.717) is 0 Å². The fraction of sp³-hybridized carbons (Fsp3) is 0.0870. The summed E-state index contributed by atoms with van der Waals surface area (Å²) >= 11 is 5.96. The van der Waals surface area contributed by atoms with Gasteiger partial charge in [0.15, 0.2) is 18.0 Å². The minimum absolute atomic E-state index is 0.126. The van der Waals surface area contributed by atoms with Crippen molar-refractivity contribution in [1.82, 2.24) is 0 Å². The van der Waals surface area contributed by atoms with Crippen molar-refractivity contribution < 1.29 is 4.74 Å². The molecule has 0 saturated heterocycles. The van der Waals surface area contributed by atoms with Gasteiger partial charge in [0.2, 0.25) is 0 Å². The first-order valence-corrected chi connectivity index (χ1v) is 8.98. The molecule has 0 saturated carbocycles. The summed E-state index contributed by atoms with van der Waals surface area (Å²) in [6.45, 7) is 0. The van der Waals surface area contributed by atoms with Crippen LogP contribution in [0.1, 0.15) is 16.7 Å². The topological polar surface area (TPSA) is 21.6 Å². The Balaban J connectivity index is 1.54. The minimum atomic E-state index is -0.455. The number of aliphatic imine (C=N–C) groups is 1. The number of hydrogen-bond donors (Lipinski definition) is 0. The zero-order valence-corrected chi connectivity index (χ0v) is 14.7. The average molecular weight is 358 g/mol. The summed E-state index contributed by atoms with van der Waals surface area (Å²) in [6, 6.07) is 16.2. The summed E-state index contributed by atoms with van der Waals surface area (Å²) in [5.41, 5.74) is 5.33. The lowest BCUT2D eigenvalue weighted by molar-refractivity contribution is 0.207. The van der Waals surface area contributed by atoms with Crippen LogP contribution in [0, 0.1) is 0 Å². The first kappa shape index (κ1) is 15.4. The summed E-state index contributed by atoms with van der Waals surface area (Å²) < 4.78 is 5.88. The highest BCUT2D eigenvalue weighted by atomic mass is 35.5. The van der Waals surface area contributed by atoms with Crippen molar-refractivity contribution in [1.29, 1.82) is 0 Å². The van der Waals surface area contributed by atoms with E-state index in [1.165, 1.54) is 11.1 Å². The van der Waals surface area contributed by atoms with Crippen molar-refractivity contribution >= 4 is 30.2 Å². The summed E-state index contributed by atoms with van der Waals surface area (Å²) in [4.78, 5) is 4.76. The number of nitrogens with zero attached hydrogens (tertiary/aromatic N) is 1. The van der Waals surface area contributed by atoms with Crippen LogP contribution in [-0.4, -0.2) is 12.5 Å². The van der Waals surface area contributed by atoms with Gasteiger partial charge in [0.1, 0.15) is 0 Å². The van der Waals surface area contributed by atoms with Crippen LogP contribution < -0.4 is 0 Å². The molecule has 2 aliphatic carbocycles. The first-order valence-electron chi connectivity index (χ1n) is 8.60. The summed E-state index contributed by atoms with van der Waals surface area (Å²) in [5, 5.41) is 0.744. The minimum Gasteiger partial charge on any atom is -0.473 e. The summed E-state index contributed by atoms with van der Waals surface area (Å²) in [5.74, 6) is 0. The van der Waals surface area contributed by atoms with Gasteiger partial charge in [-0.1, -0.05) is 72.3 Å². The molecule has 5 rings (SSSR count). The van der Waals surface area contributed by atoms with Gasteiger partial charge >= 0.3 is 0 Å². The predicted octanol–water partition coefficient (Wildman–Crippen LogP) is 5.57. The fourth-order valence-corrected chi connectivity index (χ4v) is 3.98. The number of benzene rings is 2. The molecule has 126 valence electrons. The van der Waals surface area contributed by atoms with Gasteiger partial charge in [0.25, 0.3) is 0 Å². The maximum atomic E-state index is 5.96. The molecule has 0 fully saturated rings. The second-order valence-corrected chi connectivity index (χ2v) is 7.07. The van der Waals surface area contributed by atoms with Crippen molar-refractivity contribution in [3.63, 3.8) is 0 Å². The standard InChI is InChI=1S/C23H16ClNO/c24-20-11-7-16(8-12-20)5-6-17-13-19-10-9-18-3-1-2-4-21(18)23(19)22(14-17)26-15-25-23/h1-15,22H. The quantitative estimate of drug-likeness (QED) is 0.688. The lowest BCUT2D eigenvalue weighted by Gasteiger charge is -2.37. The highest BCUT2D eigenvalue weighted by Gasteiger charge is 2.49. The average Bonchev–Trinajstić information content (AvgIpc) is 3.10. The molecule has 0 aromatic heterocycles. The third kappa shape index (κ3) is 2.30. The number of ether oxygens (including phenoxy) is 1. The van der Waals surface area contributed by atoms with Gasteiger partial charge in [0.05, 0.1) is 0 Å². The molecule has 1 spiro atoms. The third-order valence-electron chi connectivity index (χ3n) is 5.13. The zero-order chi connectivity index (χ0) is 17.6. The van der Waals surface area contributed by atoms with Gasteiger partial charge in [-0.3, -0.25) is 0 Å². The molecule has 0 amide bonds. The van der Waals surface area contributed by atoms with Gasteiger partial charge in [-0.2, -0.15) is 0 Å². The van der Waals surface area contributed by atoms with Crippen LogP contribution in [0.2, 0.25) is 5.02 Å². The van der Waals surface area contributed by atoms with E-state index in [1.807, 2.05) is 24.3 Å². The molecule has 2 nitrogen and oxygen atoms in total. The molecule has 3 heteroatoms. The van der Waals surface area contributed by atoms with Crippen LogP contribution >= 0.6 is 11.6 Å². The van der Waals surface area contributed by atoms with Crippen molar-refractivity contribution in [2.45, 2.75) is 11.6 Å². The maximum Gasteiger partial charge on any atom is 0.171 e. The zero-order valence-electron chi connectivity index (χ0n) is 14.0. The number of hydrogen-bond acceptors (Lipinski definition) is 2. The van der Waals surface area contributed by atoms with Crippen molar-refractivity contribution in [2.24, 2.45) is 4.99 Å². The van der Waals surface area contributed by atoms with E-state index in [0.717, 1.165) is 21.7 Å². The molecule has 2 aromatic rings. The Morgan fingerprint density at radius 3 is 2.73 bits per heavy atom. The van der Waals surface area contributed by atoms with Crippen LogP contribution in [0.4, 0.5) is 0 Å². The molecule has 1 heterocycles. The summed E-state index contributed by atoms with van der Waals surface area (Å²) in [6.07, 6.45) is 14.3. The van der Waals surface area contributed by atoms with Crippen molar-refractivity contribution in [3.8, 4) is 0 Å². The number of rotatable bonds is 2. The molecular weight excluding hydrogens is 342 g/mol. The molecule has 2 unspecified atom stereocenters. The van der Waals surface area contributed by atoms with Gasteiger partial charge in [0, 0.05) is 5.02 Å². The molecule has 0 N–H and O–H groups in total. The van der Waals surface area contributed by atoms with Crippen LogP contribution in [0.15, 0.2) is 89.0 Å². The Kier molecular flexibility index (Phi) is 3.47. The Morgan fingerprint density at radius 1 is 1.00 bits per heavy atom. The van der Waals surface area contributed by atoms with Gasteiger partial charge in [-0.15, -0.1) is 0 Å². The normalized spacial score (nSPS) is 25.2. The molecule has 2 aromatic carbocycles. The smallest absolute Gasteiger partial charge is 0.171 e. The molecule has 0 bridgehead atoms. The second-order valence-electron chi connectivity index (χ2n) is 6.63. The van der Waals surface area contributed by atoms with E-state index in [9.17, 15) is 0 Å². The van der Waals surface area contributed by atoms with E-state index >= 15 is 0 Å². The van der Waals surface area contributed by atoms with Gasteiger partial charge < -0.3 is 4.74 Å². The Bertz CT molecular complexity index is 1030. The molecule has 26 heavy (non-hydrogen) atoms. The number of fused-ring (bicyclic) bond motifs is 1. The SMILES string of the molecule is Clc1ccc(C=CC2=CC3OC=NC34C(=C2)C=Cc2ccccc24)cc1. The Labute approximate surface area is 157 Å². The second kappa shape index (κ2) is 5.86. The number of allylic oxidation sites excluding steroid dienone is 3. The van der Waals surface area contributed by atoms with E-state index in [1.54, 1.807) is 6.40 Å². The Hall–Kier alpha value is -2.84. The molecular formula is C23H16ClNO. The van der Waals surface area contributed by atoms with E-state index in [-0.39, 0.29) is 6.10 Å². The van der Waals surface area contributed by atoms with Crippen molar-refractivity contribution in [3.05, 3.63) is 106 Å². The lowest BCUT2D eigenvalue weighted by Crippen LogP contribution is -2.39. The van der Waals surface area contributed by atoms with Crippen LogP contribution in [-0.2, 0) is 10.3 Å². The largest absolute Gasteiger partial charge is 0.473 e. The van der Waals surface area contributed by atoms with Crippen LogP contribution in [0.3, 0.4) is 0 Å². The lowest BCUT2D eigenvalue weighted by atomic mass is 9.70. The van der Waals surface area contributed by atoms with E-state index in [2.05, 4.69) is 60.7 Å². The monoisotopic (exact) mass is 357 g/mol. The molecule has 3 aliphatic rings. The van der Waals surface area contributed by atoms with Gasteiger partial charge in [-0.05, 0) is 52.1 Å². The Morgan fingerprint density at radius 2 is 1.85 bits per heavy atom. The van der Waals surface area contributed by atoms with Crippen LogP contribution in [0.25, 0.3) is 12.2 Å². The maximum absolute atomic E-state index is 5.96. The van der Waals surface area contributed by atoms with E-state index in [4.69, 9.17) is 21.3 Å². The van der Waals surface area contributed by atoms with E-state index < -0.39 is 5.54 Å².